The van der Waals surface area contributed by atoms with E-state index in [9.17, 15) is 0 Å². The molecule has 0 aromatic carbocycles. The lowest BCUT2D eigenvalue weighted by Gasteiger charge is -1.86. The molecule has 0 aromatic heterocycles. The van der Waals surface area contributed by atoms with Crippen LogP contribution in [-0.4, -0.2) is 17.7 Å². The van der Waals surface area contributed by atoms with Gasteiger partial charge in [0.05, 0.1) is 0 Å². The predicted octanol–water partition coefficient (Wildman–Crippen LogP) is 1.53. The van der Waals surface area contributed by atoms with Gasteiger partial charge in [0.1, 0.15) is 0 Å². The third-order valence-corrected chi connectivity index (χ3v) is 0.957. The minimum atomic E-state index is 0. The van der Waals surface area contributed by atoms with Crippen molar-refractivity contribution in [3.8, 4) is 0 Å². The van der Waals surface area contributed by atoms with Crippen LogP contribution >= 0.6 is 0 Å². The molecule has 3 nitrogen and oxygen atoms in total. The highest BCUT2D eigenvalue weighted by Gasteiger charge is 1.75. The van der Waals surface area contributed by atoms with E-state index in [4.69, 9.17) is 5.11 Å². The Morgan fingerprint density at radius 2 is 1.10 bits per heavy atom. The van der Waals surface area contributed by atoms with Crippen LogP contribution in [0.15, 0.2) is 0 Å². The summed E-state index contributed by atoms with van der Waals surface area (Å²) in [6.07, 6.45) is 5.54. The number of aliphatic hydroxyl groups excluding tert-OH is 1. The van der Waals surface area contributed by atoms with Gasteiger partial charge in [-0.1, -0.05) is 39.5 Å². The molecule has 0 aromatic rings. The van der Waals surface area contributed by atoms with Crippen molar-refractivity contribution in [2.45, 2.75) is 39.5 Å². The second-order valence-corrected chi connectivity index (χ2v) is 1.71. The van der Waals surface area contributed by atoms with Gasteiger partial charge in [0.15, 0.2) is 0 Å². The fourth-order valence-corrected chi connectivity index (χ4v) is 0.500. The van der Waals surface area contributed by atoms with Gasteiger partial charge in [-0.05, 0) is 0 Å². The normalized spacial score (nSPS) is 6.00. The van der Waals surface area contributed by atoms with Crippen molar-refractivity contribution < 1.29 is 10.6 Å². The third-order valence-electron chi connectivity index (χ3n) is 0.957. The molecule has 0 saturated heterocycles. The maximum atomic E-state index is 7.00. The predicted molar refractivity (Wildman–Crippen MR) is 46.6 cm³/mol. The molecule has 0 aliphatic heterocycles. The van der Waals surface area contributed by atoms with E-state index in [0.29, 0.717) is 0 Å². The van der Waals surface area contributed by atoms with Gasteiger partial charge >= 0.3 is 0 Å². The molecule has 0 unspecified atom stereocenters. The fourth-order valence-electron chi connectivity index (χ4n) is 0.500. The molecule has 6 N–H and O–H groups in total. The maximum absolute atomic E-state index is 7.00. The quantitative estimate of drug-likeness (QED) is 0.602. The summed E-state index contributed by atoms with van der Waals surface area (Å²) in [5.41, 5.74) is 0. The third kappa shape index (κ3) is 45.0. The van der Waals surface area contributed by atoms with Gasteiger partial charge in [0.25, 0.3) is 0 Å². The summed E-state index contributed by atoms with van der Waals surface area (Å²) < 4.78 is 0. The summed E-state index contributed by atoms with van der Waals surface area (Å²) in [5, 5.41) is 7.00. The maximum Gasteiger partial charge on any atom is 0.0319 e. The lowest BCUT2D eigenvalue weighted by atomic mass is 10.2. The molecule has 0 fully saturated rings. The second-order valence-electron chi connectivity index (χ2n) is 1.71. The van der Waals surface area contributed by atoms with E-state index in [1.165, 1.54) is 25.7 Å². The van der Waals surface area contributed by atoms with Crippen LogP contribution in [0, 0.1) is 0 Å². The standard InChI is InChI=1S/C6H14.CH4O.H3N.H2O/c1-3-5-6-4-2;1-2;;/h3-6H2,1-2H3;2H,1H3;1H3;1H2. The van der Waals surface area contributed by atoms with Crippen molar-refractivity contribution >= 4 is 0 Å². The van der Waals surface area contributed by atoms with Crippen LogP contribution in [0.1, 0.15) is 39.5 Å². The van der Waals surface area contributed by atoms with Gasteiger partial charge in [0.2, 0.25) is 0 Å². The zero-order chi connectivity index (χ0) is 6.83. The van der Waals surface area contributed by atoms with E-state index in [1.807, 2.05) is 0 Å². The van der Waals surface area contributed by atoms with E-state index < -0.39 is 0 Å². The summed E-state index contributed by atoms with van der Waals surface area (Å²) in [7, 11) is 1.00. The molecule has 0 atom stereocenters. The Bertz CT molecular complexity index is 23.6. The van der Waals surface area contributed by atoms with Crippen LogP contribution in [-0.2, 0) is 0 Å². The Kier molecular flexibility index (Phi) is 82.5. The van der Waals surface area contributed by atoms with Crippen molar-refractivity contribution in [1.29, 1.82) is 0 Å². The number of hydrogen-bond acceptors (Lipinski definition) is 2. The van der Waals surface area contributed by atoms with E-state index in [0.717, 1.165) is 7.11 Å². The first-order valence-electron chi connectivity index (χ1n) is 3.36. The summed E-state index contributed by atoms with van der Waals surface area (Å²) >= 11 is 0. The molecule has 0 saturated carbocycles. The number of unbranched alkanes of at least 4 members (excludes halogenated alkanes) is 3. The monoisotopic (exact) mass is 153 g/mol. The van der Waals surface area contributed by atoms with Crippen molar-refractivity contribution in [3.63, 3.8) is 0 Å². The Hall–Kier alpha value is -0.120. The molecule has 0 aliphatic carbocycles. The van der Waals surface area contributed by atoms with Gasteiger partial charge in [-0.25, -0.2) is 0 Å². The molecule has 0 amide bonds. The van der Waals surface area contributed by atoms with Crippen molar-refractivity contribution in [2.24, 2.45) is 0 Å². The largest absolute Gasteiger partial charge is 0.412 e. The number of aliphatic hydroxyl groups is 1. The summed E-state index contributed by atoms with van der Waals surface area (Å²) in [4.78, 5) is 0. The van der Waals surface area contributed by atoms with Crippen LogP contribution in [0.2, 0.25) is 0 Å². The fraction of sp³-hybridized carbons (Fsp3) is 1.00. The molecule has 0 radical (unpaired) electrons. The Labute approximate surface area is 64.3 Å². The molecule has 68 valence electrons. The molecule has 10 heavy (non-hydrogen) atoms. The Balaban J connectivity index is -0.0000000412. The van der Waals surface area contributed by atoms with Crippen LogP contribution in [0.5, 0.6) is 0 Å². The van der Waals surface area contributed by atoms with Gasteiger partial charge in [-0.2, -0.15) is 0 Å². The van der Waals surface area contributed by atoms with Crippen LogP contribution < -0.4 is 6.15 Å². The zero-order valence-corrected chi connectivity index (χ0v) is 7.48. The van der Waals surface area contributed by atoms with Crippen LogP contribution in [0.25, 0.3) is 0 Å². The average Bonchev–Trinajstić information content (AvgIpc) is 1.88. The second kappa shape index (κ2) is 36.6. The van der Waals surface area contributed by atoms with E-state index in [1.54, 1.807) is 0 Å². The van der Waals surface area contributed by atoms with Crippen LogP contribution in [0.3, 0.4) is 0 Å². The molecule has 0 rings (SSSR count). The molecule has 0 spiro atoms. The Morgan fingerprint density at radius 3 is 1.20 bits per heavy atom. The van der Waals surface area contributed by atoms with E-state index in [-0.39, 0.29) is 11.6 Å². The van der Waals surface area contributed by atoms with Gasteiger partial charge < -0.3 is 16.7 Å². The Morgan fingerprint density at radius 1 is 0.900 bits per heavy atom. The molecular weight excluding hydrogens is 130 g/mol. The first-order chi connectivity index (χ1) is 3.91. The number of hydrogen-bond donors (Lipinski definition) is 2. The lowest BCUT2D eigenvalue weighted by molar-refractivity contribution is 0.399. The van der Waals surface area contributed by atoms with E-state index >= 15 is 0 Å². The van der Waals surface area contributed by atoms with Crippen molar-refractivity contribution in [1.82, 2.24) is 6.15 Å². The summed E-state index contributed by atoms with van der Waals surface area (Å²) in [5.74, 6) is 0. The SMILES string of the molecule is CCCCCC.CO.N.O. The molecule has 3 heteroatoms. The smallest absolute Gasteiger partial charge is 0.0319 e. The molecule has 0 bridgehead atoms. The molecular formula is C7H23NO2. The topological polar surface area (TPSA) is 86.7 Å². The van der Waals surface area contributed by atoms with Crippen LogP contribution in [0.4, 0.5) is 0 Å². The highest BCUT2D eigenvalue weighted by atomic mass is 16.2. The minimum Gasteiger partial charge on any atom is -0.412 e. The lowest BCUT2D eigenvalue weighted by Crippen LogP contribution is -1.66. The van der Waals surface area contributed by atoms with Gasteiger partial charge in [-0.15, -0.1) is 0 Å². The average molecular weight is 153 g/mol. The molecule has 0 heterocycles. The molecule has 0 aliphatic rings. The van der Waals surface area contributed by atoms with Crippen molar-refractivity contribution in [3.05, 3.63) is 0 Å². The van der Waals surface area contributed by atoms with Gasteiger partial charge in [0, 0.05) is 7.11 Å². The number of rotatable bonds is 3. The first-order valence-corrected chi connectivity index (χ1v) is 3.36. The summed E-state index contributed by atoms with van der Waals surface area (Å²) in [6.45, 7) is 4.46. The zero-order valence-electron chi connectivity index (χ0n) is 7.48. The minimum absolute atomic E-state index is 0. The highest BCUT2D eigenvalue weighted by Crippen LogP contribution is 1.95. The highest BCUT2D eigenvalue weighted by molar-refractivity contribution is 4.31. The van der Waals surface area contributed by atoms with Gasteiger partial charge in [-0.3, -0.25) is 0 Å². The summed E-state index contributed by atoms with van der Waals surface area (Å²) in [6, 6.07) is 0. The first kappa shape index (κ1) is 22.5. The van der Waals surface area contributed by atoms with Crippen molar-refractivity contribution in [2.75, 3.05) is 7.11 Å². The van der Waals surface area contributed by atoms with E-state index in [2.05, 4.69) is 13.8 Å².